The average Bonchev–Trinajstić information content (AvgIpc) is 2.51. The number of guanidine groups is 1. The number of amidine groups is 1. The molecule has 3 N–H and O–H groups in total. The molecule has 0 aromatic carbocycles. The first-order chi connectivity index (χ1) is 10.8. The molecule has 1 aliphatic heterocycles. The third-order valence-electron chi connectivity index (χ3n) is 5.08. The molecule has 0 bridgehead atoms. The van der Waals surface area contributed by atoms with Crippen LogP contribution >= 0.6 is 0 Å². The van der Waals surface area contributed by atoms with E-state index in [2.05, 4.69) is 52.1 Å². The Morgan fingerprint density at radius 3 is 2.70 bits per heavy atom. The van der Waals surface area contributed by atoms with Gasteiger partial charge in [-0.1, -0.05) is 18.6 Å². The lowest BCUT2D eigenvalue weighted by Gasteiger charge is -2.39. The van der Waals surface area contributed by atoms with Crippen molar-refractivity contribution in [3.63, 3.8) is 0 Å². The van der Waals surface area contributed by atoms with E-state index >= 15 is 0 Å². The summed E-state index contributed by atoms with van der Waals surface area (Å²) in [6.45, 7) is 6.28. The zero-order chi connectivity index (χ0) is 17.1. The maximum Gasteiger partial charge on any atom is 0.219 e. The lowest BCUT2D eigenvalue weighted by molar-refractivity contribution is 0.229. The van der Waals surface area contributed by atoms with E-state index in [9.17, 15) is 0 Å². The number of nitrogens with one attached hydrogen (secondary N) is 1. The summed E-state index contributed by atoms with van der Waals surface area (Å²) in [5.41, 5.74) is 7.74. The molecule has 0 amide bonds. The molecule has 0 fully saturated rings. The first kappa shape index (κ1) is 17.9. The number of hydrogen-bond donors (Lipinski definition) is 2. The van der Waals surface area contributed by atoms with Gasteiger partial charge in [-0.3, -0.25) is 9.89 Å². The molecule has 2 rings (SSSR count). The summed E-state index contributed by atoms with van der Waals surface area (Å²) in [4.78, 5) is 13.3. The van der Waals surface area contributed by atoms with Crippen LogP contribution in [0.4, 0.5) is 0 Å². The number of nitrogens with two attached hydrogens (primary N) is 1. The lowest BCUT2D eigenvalue weighted by Crippen LogP contribution is -2.56. The van der Waals surface area contributed by atoms with Crippen LogP contribution in [0.2, 0.25) is 0 Å². The molecule has 0 unspecified atom stereocenters. The van der Waals surface area contributed by atoms with E-state index in [4.69, 9.17) is 5.73 Å². The molecular formula is C17H32N6. The van der Waals surface area contributed by atoms with Crippen molar-refractivity contribution < 1.29 is 0 Å². The largest absolute Gasteiger partial charge is 0.365 e. The van der Waals surface area contributed by atoms with Crippen LogP contribution in [0.15, 0.2) is 21.6 Å². The average molecular weight is 320 g/mol. The van der Waals surface area contributed by atoms with E-state index in [1.807, 2.05) is 14.1 Å². The summed E-state index contributed by atoms with van der Waals surface area (Å²) in [6, 6.07) is 0.515. The molecule has 0 saturated heterocycles. The van der Waals surface area contributed by atoms with Gasteiger partial charge in [0.2, 0.25) is 5.96 Å². The Kier molecular flexibility index (Phi) is 5.81. The van der Waals surface area contributed by atoms with Gasteiger partial charge in [-0.2, -0.15) is 4.99 Å². The molecule has 0 aromatic rings. The van der Waals surface area contributed by atoms with E-state index in [-0.39, 0.29) is 12.1 Å². The van der Waals surface area contributed by atoms with Gasteiger partial charge in [0.25, 0.3) is 0 Å². The lowest BCUT2D eigenvalue weighted by atomic mass is 9.80. The van der Waals surface area contributed by atoms with Crippen molar-refractivity contribution in [3.8, 4) is 0 Å². The fourth-order valence-corrected chi connectivity index (χ4v) is 3.48. The highest BCUT2D eigenvalue weighted by atomic mass is 15.3. The smallest absolute Gasteiger partial charge is 0.219 e. The van der Waals surface area contributed by atoms with Gasteiger partial charge in [0.15, 0.2) is 0 Å². The van der Waals surface area contributed by atoms with Crippen LogP contribution in [0, 0.1) is 11.8 Å². The molecule has 0 saturated carbocycles. The standard InChI is InChI=1S/C17H32N6/c1-11-7-12(2)14(18)8-13(11)10-23(6)15-9-20-17(19-3)21-16(15)22(4)5/h7,12-15H,8-10,18H2,1-6H3,(H,19,20)/t12-,13+,14+,15-/m0/s1. The van der Waals surface area contributed by atoms with Crippen molar-refractivity contribution in [3.05, 3.63) is 11.6 Å². The molecule has 130 valence electrons. The topological polar surface area (TPSA) is 69.2 Å². The van der Waals surface area contributed by atoms with Crippen LogP contribution in [-0.2, 0) is 0 Å². The summed E-state index contributed by atoms with van der Waals surface area (Å²) in [5, 5.41) is 3.30. The van der Waals surface area contributed by atoms with Gasteiger partial charge in [-0.25, -0.2) is 0 Å². The predicted molar refractivity (Wildman–Crippen MR) is 97.9 cm³/mol. The van der Waals surface area contributed by atoms with Crippen LogP contribution in [0.1, 0.15) is 20.3 Å². The molecule has 6 nitrogen and oxygen atoms in total. The normalized spacial score (nSPS) is 33.3. The zero-order valence-corrected chi connectivity index (χ0v) is 15.4. The zero-order valence-electron chi connectivity index (χ0n) is 15.4. The highest BCUT2D eigenvalue weighted by molar-refractivity contribution is 6.01. The number of nitrogens with zero attached hydrogens (tertiary/aromatic N) is 4. The van der Waals surface area contributed by atoms with Crippen molar-refractivity contribution >= 4 is 11.8 Å². The molecule has 0 spiro atoms. The second-order valence-electron chi connectivity index (χ2n) is 7.11. The molecule has 6 heteroatoms. The predicted octanol–water partition coefficient (Wildman–Crippen LogP) is 0.766. The first-order valence-corrected chi connectivity index (χ1v) is 8.44. The third-order valence-corrected chi connectivity index (χ3v) is 5.08. The summed E-state index contributed by atoms with van der Waals surface area (Å²) in [5.74, 6) is 2.77. The highest BCUT2D eigenvalue weighted by Gasteiger charge is 2.31. The molecule has 2 aliphatic rings. The van der Waals surface area contributed by atoms with Crippen molar-refractivity contribution in [2.45, 2.75) is 32.4 Å². The Balaban J connectivity index is 2.11. The summed E-state index contributed by atoms with van der Waals surface area (Å²) >= 11 is 0. The van der Waals surface area contributed by atoms with Gasteiger partial charge in [0, 0.05) is 40.3 Å². The summed E-state index contributed by atoms with van der Waals surface area (Å²) < 4.78 is 0. The van der Waals surface area contributed by atoms with Gasteiger partial charge in [-0.15, -0.1) is 0 Å². The molecule has 1 heterocycles. The van der Waals surface area contributed by atoms with E-state index in [1.165, 1.54) is 5.57 Å². The van der Waals surface area contributed by atoms with Gasteiger partial charge in [0.05, 0.1) is 6.04 Å². The first-order valence-electron chi connectivity index (χ1n) is 8.44. The quantitative estimate of drug-likeness (QED) is 0.754. The van der Waals surface area contributed by atoms with Crippen LogP contribution in [0.3, 0.4) is 0 Å². The van der Waals surface area contributed by atoms with Crippen LogP contribution in [-0.4, -0.2) is 75.0 Å². The minimum atomic E-state index is 0.249. The van der Waals surface area contributed by atoms with Crippen LogP contribution in [0.5, 0.6) is 0 Å². The summed E-state index contributed by atoms with van der Waals surface area (Å²) in [7, 11) is 8.03. The molecule has 1 aliphatic carbocycles. The molecule has 0 aromatic heterocycles. The monoisotopic (exact) mass is 320 g/mol. The molecule has 23 heavy (non-hydrogen) atoms. The van der Waals surface area contributed by atoms with Gasteiger partial charge in [0.1, 0.15) is 5.84 Å². The number of hydrogen-bond acceptors (Lipinski definition) is 4. The van der Waals surface area contributed by atoms with Crippen molar-refractivity contribution in [2.24, 2.45) is 27.6 Å². The Bertz CT molecular complexity index is 507. The van der Waals surface area contributed by atoms with Crippen LogP contribution in [0.25, 0.3) is 0 Å². The number of likely N-dealkylation sites (N-methyl/N-ethyl adjacent to an activating group) is 2. The van der Waals surface area contributed by atoms with Crippen LogP contribution < -0.4 is 11.1 Å². The highest BCUT2D eigenvalue weighted by Crippen LogP contribution is 2.28. The van der Waals surface area contributed by atoms with Gasteiger partial charge in [-0.05, 0) is 32.2 Å². The van der Waals surface area contributed by atoms with E-state index in [0.29, 0.717) is 17.8 Å². The SMILES string of the molecule is CN=C1N=C(N(C)C)[C@@H](N(C)C[C@H]2C[C@@H](N)[C@@H](C)C=C2C)CN1. The Labute approximate surface area is 140 Å². The second kappa shape index (κ2) is 7.45. The third kappa shape index (κ3) is 4.12. The Morgan fingerprint density at radius 1 is 1.39 bits per heavy atom. The number of rotatable bonds is 3. The molecule has 4 atom stereocenters. The van der Waals surface area contributed by atoms with E-state index in [0.717, 1.165) is 25.3 Å². The van der Waals surface area contributed by atoms with Crippen molar-refractivity contribution in [2.75, 3.05) is 41.3 Å². The maximum atomic E-state index is 6.27. The summed E-state index contributed by atoms with van der Waals surface area (Å²) in [6.07, 6.45) is 3.40. The van der Waals surface area contributed by atoms with E-state index in [1.54, 1.807) is 7.05 Å². The van der Waals surface area contributed by atoms with E-state index < -0.39 is 0 Å². The second-order valence-corrected chi connectivity index (χ2v) is 7.11. The Hall–Kier alpha value is -1.40. The maximum absolute atomic E-state index is 6.27. The van der Waals surface area contributed by atoms with Crippen molar-refractivity contribution in [1.82, 2.24) is 15.1 Å². The van der Waals surface area contributed by atoms with Crippen molar-refractivity contribution in [1.29, 1.82) is 0 Å². The van der Waals surface area contributed by atoms with Gasteiger partial charge >= 0.3 is 0 Å². The fraction of sp³-hybridized carbons (Fsp3) is 0.765. The van der Waals surface area contributed by atoms with Gasteiger partial charge < -0.3 is 16.0 Å². The number of aliphatic imine (C=N–C) groups is 2. The Morgan fingerprint density at radius 2 is 2.09 bits per heavy atom. The fourth-order valence-electron chi connectivity index (χ4n) is 3.48. The molecular weight excluding hydrogens is 288 g/mol. The minimum absolute atomic E-state index is 0.249. The molecule has 0 radical (unpaired) electrons. The minimum Gasteiger partial charge on any atom is -0.365 e.